The molecule has 1 heterocycles. The maximum atomic E-state index is 11.8. The molecule has 5 heteroatoms. The minimum Gasteiger partial charge on any atom is -0.508 e. The average molecular weight is 218 g/mol. The number of amides is 1. The molecule has 2 rings (SSSR count). The Labute approximate surface area is 91.9 Å². The van der Waals surface area contributed by atoms with Crippen molar-refractivity contribution in [1.82, 2.24) is 5.16 Å². The van der Waals surface area contributed by atoms with E-state index < -0.39 is 0 Å². The number of phenolic OH excluding ortho intramolecular Hbond substituents is 1. The molecule has 0 saturated carbocycles. The second-order valence-electron chi connectivity index (χ2n) is 3.27. The van der Waals surface area contributed by atoms with Gasteiger partial charge in [-0.3, -0.25) is 4.79 Å². The summed E-state index contributed by atoms with van der Waals surface area (Å²) in [5, 5.41) is 12.9. The van der Waals surface area contributed by atoms with Gasteiger partial charge in [0, 0.05) is 24.9 Å². The topological polar surface area (TPSA) is 66.6 Å². The second-order valence-corrected chi connectivity index (χ2v) is 3.27. The number of hydrogen-bond donors (Lipinski definition) is 1. The molecule has 0 aliphatic carbocycles. The van der Waals surface area contributed by atoms with Crippen LogP contribution in [0.1, 0.15) is 10.5 Å². The number of aromatic nitrogens is 1. The van der Waals surface area contributed by atoms with Crippen molar-refractivity contribution in [2.24, 2.45) is 0 Å². The van der Waals surface area contributed by atoms with Crippen LogP contribution in [0.15, 0.2) is 41.1 Å². The van der Waals surface area contributed by atoms with Gasteiger partial charge in [0.1, 0.15) is 12.0 Å². The molecule has 0 aliphatic rings. The largest absolute Gasteiger partial charge is 0.508 e. The molecule has 0 unspecified atom stereocenters. The number of carbonyl (C=O) groups is 1. The van der Waals surface area contributed by atoms with E-state index in [1.54, 1.807) is 19.2 Å². The Morgan fingerprint density at radius 3 is 2.88 bits per heavy atom. The fourth-order valence-corrected chi connectivity index (χ4v) is 1.31. The minimum absolute atomic E-state index is 0.109. The van der Waals surface area contributed by atoms with Gasteiger partial charge in [-0.25, -0.2) is 0 Å². The fourth-order valence-electron chi connectivity index (χ4n) is 1.31. The highest BCUT2D eigenvalue weighted by Crippen LogP contribution is 2.20. The van der Waals surface area contributed by atoms with Gasteiger partial charge in [-0.05, 0) is 12.1 Å². The van der Waals surface area contributed by atoms with E-state index in [0.29, 0.717) is 5.69 Å². The first kappa shape index (κ1) is 10.2. The van der Waals surface area contributed by atoms with E-state index in [-0.39, 0.29) is 17.4 Å². The lowest BCUT2D eigenvalue weighted by Crippen LogP contribution is -2.26. The van der Waals surface area contributed by atoms with Crippen molar-refractivity contribution >= 4 is 11.6 Å². The van der Waals surface area contributed by atoms with Gasteiger partial charge in [-0.15, -0.1) is 0 Å². The number of rotatable bonds is 2. The maximum Gasteiger partial charge on any atom is 0.280 e. The summed E-state index contributed by atoms with van der Waals surface area (Å²) in [5.74, 6) is -0.184. The summed E-state index contributed by atoms with van der Waals surface area (Å²) in [6, 6.07) is 7.91. The van der Waals surface area contributed by atoms with Crippen LogP contribution >= 0.6 is 0 Å². The summed E-state index contributed by atoms with van der Waals surface area (Å²) in [5.41, 5.74) is 0.818. The number of aromatic hydroxyl groups is 1. The third kappa shape index (κ3) is 1.88. The quantitative estimate of drug-likeness (QED) is 0.832. The van der Waals surface area contributed by atoms with Crippen molar-refractivity contribution in [1.29, 1.82) is 0 Å². The van der Waals surface area contributed by atoms with E-state index in [4.69, 9.17) is 0 Å². The van der Waals surface area contributed by atoms with E-state index in [0.717, 1.165) is 0 Å². The van der Waals surface area contributed by atoms with Crippen molar-refractivity contribution in [2.75, 3.05) is 11.9 Å². The summed E-state index contributed by atoms with van der Waals surface area (Å²) >= 11 is 0. The Morgan fingerprint density at radius 1 is 1.44 bits per heavy atom. The molecule has 1 N–H and O–H groups in total. The maximum absolute atomic E-state index is 11.8. The molecule has 82 valence electrons. The molecule has 1 aromatic heterocycles. The molecule has 0 bridgehead atoms. The highest BCUT2D eigenvalue weighted by Gasteiger charge is 2.16. The zero-order valence-electron chi connectivity index (χ0n) is 8.62. The van der Waals surface area contributed by atoms with Crippen molar-refractivity contribution in [3.8, 4) is 5.75 Å². The Hall–Kier alpha value is -2.30. The molecule has 5 nitrogen and oxygen atoms in total. The fraction of sp³-hybridized carbons (Fsp3) is 0.0909. The SMILES string of the molecule is CN(C(=O)c1ccon1)c1cccc(O)c1. The first-order chi connectivity index (χ1) is 7.68. The van der Waals surface area contributed by atoms with Gasteiger partial charge in [-0.2, -0.15) is 0 Å². The summed E-state index contributed by atoms with van der Waals surface area (Å²) in [7, 11) is 1.60. The summed E-state index contributed by atoms with van der Waals surface area (Å²) < 4.78 is 4.60. The molecule has 1 aromatic carbocycles. The third-order valence-corrected chi connectivity index (χ3v) is 2.18. The highest BCUT2D eigenvalue weighted by atomic mass is 16.5. The number of hydrogen-bond acceptors (Lipinski definition) is 4. The number of nitrogens with zero attached hydrogens (tertiary/aromatic N) is 2. The smallest absolute Gasteiger partial charge is 0.280 e. The lowest BCUT2D eigenvalue weighted by Gasteiger charge is -2.15. The number of anilines is 1. The second kappa shape index (κ2) is 4.06. The minimum atomic E-state index is -0.292. The van der Waals surface area contributed by atoms with E-state index >= 15 is 0 Å². The number of carbonyl (C=O) groups excluding carboxylic acids is 1. The van der Waals surface area contributed by atoms with Crippen LogP contribution in [0, 0.1) is 0 Å². The molecule has 0 saturated heterocycles. The molecular weight excluding hydrogens is 208 g/mol. The van der Waals surface area contributed by atoms with E-state index in [2.05, 4.69) is 9.68 Å². The van der Waals surface area contributed by atoms with E-state index in [1.165, 1.54) is 29.4 Å². The lowest BCUT2D eigenvalue weighted by atomic mass is 10.2. The Balaban J connectivity index is 2.26. The van der Waals surface area contributed by atoms with Gasteiger partial charge in [0.05, 0.1) is 0 Å². The first-order valence-electron chi connectivity index (χ1n) is 4.66. The van der Waals surface area contributed by atoms with Crippen LogP contribution in [0.2, 0.25) is 0 Å². The van der Waals surface area contributed by atoms with Gasteiger partial charge in [-0.1, -0.05) is 11.2 Å². The first-order valence-corrected chi connectivity index (χ1v) is 4.66. The third-order valence-electron chi connectivity index (χ3n) is 2.18. The van der Waals surface area contributed by atoms with Gasteiger partial charge in [0.15, 0.2) is 5.69 Å². The molecule has 0 radical (unpaired) electrons. The monoisotopic (exact) mass is 218 g/mol. The zero-order chi connectivity index (χ0) is 11.5. The van der Waals surface area contributed by atoms with Crippen molar-refractivity contribution < 1.29 is 14.4 Å². The van der Waals surface area contributed by atoms with E-state index in [9.17, 15) is 9.90 Å². The predicted octanol–water partition coefficient (Wildman–Crippen LogP) is 1.66. The molecule has 0 atom stereocenters. The highest BCUT2D eigenvalue weighted by molar-refractivity contribution is 6.04. The number of phenols is 1. The Bertz CT molecular complexity index is 494. The van der Waals surface area contributed by atoms with Crippen LogP contribution in [0.4, 0.5) is 5.69 Å². The van der Waals surface area contributed by atoms with Crippen LogP contribution in [-0.4, -0.2) is 23.2 Å². The molecule has 0 spiro atoms. The lowest BCUT2D eigenvalue weighted by molar-refractivity contribution is 0.0984. The predicted molar refractivity (Wildman–Crippen MR) is 57.3 cm³/mol. The summed E-state index contributed by atoms with van der Waals surface area (Å²) in [4.78, 5) is 13.2. The van der Waals surface area contributed by atoms with Crippen LogP contribution in [0.5, 0.6) is 5.75 Å². The molecule has 2 aromatic rings. The molecule has 0 fully saturated rings. The molecule has 16 heavy (non-hydrogen) atoms. The van der Waals surface area contributed by atoms with Crippen molar-refractivity contribution in [2.45, 2.75) is 0 Å². The van der Waals surface area contributed by atoms with Crippen LogP contribution in [0.25, 0.3) is 0 Å². The zero-order valence-corrected chi connectivity index (χ0v) is 8.62. The van der Waals surface area contributed by atoms with Crippen molar-refractivity contribution in [3.05, 3.63) is 42.3 Å². The van der Waals surface area contributed by atoms with Gasteiger partial charge < -0.3 is 14.5 Å². The van der Waals surface area contributed by atoms with Gasteiger partial charge in [0.25, 0.3) is 5.91 Å². The van der Waals surface area contributed by atoms with E-state index in [1.807, 2.05) is 0 Å². The van der Waals surface area contributed by atoms with Crippen LogP contribution < -0.4 is 4.90 Å². The molecule has 1 amide bonds. The standard InChI is InChI=1S/C11H10N2O3/c1-13(8-3-2-4-9(14)7-8)11(15)10-5-6-16-12-10/h2-7,14H,1H3. The summed E-state index contributed by atoms with van der Waals surface area (Å²) in [6.45, 7) is 0. The summed E-state index contributed by atoms with van der Waals surface area (Å²) in [6.07, 6.45) is 1.34. The van der Waals surface area contributed by atoms with Gasteiger partial charge >= 0.3 is 0 Å². The Morgan fingerprint density at radius 2 is 2.25 bits per heavy atom. The Kier molecular flexibility index (Phi) is 2.59. The molecule has 0 aliphatic heterocycles. The van der Waals surface area contributed by atoms with Crippen LogP contribution in [0.3, 0.4) is 0 Å². The number of benzene rings is 1. The van der Waals surface area contributed by atoms with Crippen LogP contribution in [-0.2, 0) is 0 Å². The van der Waals surface area contributed by atoms with Gasteiger partial charge in [0.2, 0.25) is 0 Å². The average Bonchev–Trinajstić information content (AvgIpc) is 2.80. The molecular formula is C11H10N2O3. The normalized spacial score (nSPS) is 10.1. The van der Waals surface area contributed by atoms with Crippen molar-refractivity contribution in [3.63, 3.8) is 0 Å².